The van der Waals surface area contributed by atoms with Crippen LogP contribution in [0, 0.1) is 13.8 Å². The van der Waals surface area contributed by atoms with Gasteiger partial charge >= 0.3 is 0 Å². The quantitative estimate of drug-likeness (QED) is 0.670. The van der Waals surface area contributed by atoms with Gasteiger partial charge in [0.15, 0.2) is 0 Å². The lowest BCUT2D eigenvalue weighted by atomic mass is 10.1. The molecule has 1 heterocycles. The summed E-state index contributed by atoms with van der Waals surface area (Å²) in [6.07, 6.45) is 1.82. The number of nitrogens with zero attached hydrogens (tertiary/aromatic N) is 3. The highest BCUT2D eigenvalue weighted by atomic mass is 16.5. The Labute approximate surface area is 173 Å². The van der Waals surface area contributed by atoms with E-state index in [2.05, 4.69) is 47.1 Å². The zero-order valence-electron chi connectivity index (χ0n) is 18.1. The van der Waals surface area contributed by atoms with Gasteiger partial charge in [0.1, 0.15) is 17.2 Å². The van der Waals surface area contributed by atoms with Gasteiger partial charge < -0.3 is 14.2 Å². The second-order valence-corrected chi connectivity index (χ2v) is 7.35. The molecule has 6 heteroatoms. The average molecular weight is 398 g/mol. The largest absolute Gasteiger partial charge is 0.496 e. The third kappa shape index (κ3) is 5.21. The molecule has 156 valence electrons. The zero-order valence-corrected chi connectivity index (χ0v) is 18.1. The predicted octanol–water partition coefficient (Wildman–Crippen LogP) is 3.48. The molecule has 0 N–H and O–H groups in total. The van der Waals surface area contributed by atoms with Crippen molar-refractivity contribution in [2.75, 3.05) is 47.5 Å². The van der Waals surface area contributed by atoms with Crippen molar-refractivity contribution in [2.24, 2.45) is 5.10 Å². The van der Waals surface area contributed by atoms with E-state index in [0.29, 0.717) is 17.2 Å². The highest BCUT2D eigenvalue weighted by molar-refractivity contribution is 5.88. The van der Waals surface area contributed by atoms with Crippen molar-refractivity contribution in [1.82, 2.24) is 9.91 Å². The number of methoxy groups -OCH3 is 3. The molecule has 0 amide bonds. The molecule has 0 aliphatic carbocycles. The van der Waals surface area contributed by atoms with E-state index in [9.17, 15) is 0 Å². The molecule has 0 radical (unpaired) electrons. The van der Waals surface area contributed by atoms with Crippen molar-refractivity contribution in [3.8, 4) is 17.2 Å². The lowest BCUT2D eigenvalue weighted by Gasteiger charge is -2.33. The van der Waals surface area contributed by atoms with E-state index < -0.39 is 0 Å². The van der Waals surface area contributed by atoms with Crippen LogP contribution >= 0.6 is 0 Å². The Balaban J connectivity index is 1.63. The van der Waals surface area contributed by atoms with Crippen LogP contribution in [0.15, 0.2) is 35.4 Å². The summed E-state index contributed by atoms with van der Waals surface area (Å²) in [7, 11) is 4.90. The van der Waals surface area contributed by atoms with Gasteiger partial charge in [-0.3, -0.25) is 9.91 Å². The molecule has 0 unspecified atom stereocenters. The van der Waals surface area contributed by atoms with E-state index in [1.807, 2.05) is 18.3 Å². The number of benzene rings is 2. The summed E-state index contributed by atoms with van der Waals surface area (Å²) in [5, 5.41) is 6.78. The minimum atomic E-state index is 0.679. The summed E-state index contributed by atoms with van der Waals surface area (Å²) in [6, 6.07) is 10.4. The predicted molar refractivity (Wildman–Crippen MR) is 116 cm³/mol. The fraction of sp³-hybridized carbons (Fsp3) is 0.435. The van der Waals surface area contributed by atoms with Crippen molar-refractivity contribution in [3.63, 3.8) is 0 Å². The van der Waals surface area contributed by atoms with Gasteiger partial charge in [-0.2, -0.15) is 5.10 Å². The van der Waals surface area contributed by atoms with Gasteiger partial charge in [-0.25, -0.2) is 0 Å². The standard InChI is InChI=1S/C23H31N3O3/c1-17-6-7-19(18(2)12-17)16-25-8-10-26(11-9-25)24-15-21-22(28-4)13-20(27-3)14-23(21)29-5/h6-7,12-15H,8-11,16H2,1-5H3. The number of piperazine rings is 1. The first-order valence-corrected chi connectivity index (χ1v) is 9.91. The zero-order chi connectivity index (χ0) is 20.8. The number of hydrazone groups is 1. The van der Waals surface area contributed by atoms with Crippen LogP contribution in [0.2, 0.25) is 0 Å². The molecule has 0 aromatic heterocycles. The molecule has 2 aromatic carbocycles. The first-order chi connectivity index (χ1) is 14.0. The van der Waals surface area contributed by atoms with Gasteiger partial charge in [-0.05, 0) is 25.0 Å². The van der Waals surface area contributed by atoms with Crippen LogP contribution in [0.4, 0.5) is 0 Å². The lowest BCUT2D eigenvalue weighted by Crippen LogP contribution is -2.43. The summed E-state index contributed by atoms with van der Waals surface area (Å²) < 4.78 is 16.3. The van der Waals surface area contributed by atoms with Crippen LogP contribution in [0.5, 0.6) is 17.2 Å². The Morgan fingerprint density at radius 3 is 2.10 bits per heavy atom. The number of rotatable bonds is 7. The van der Waals surface area contributed by atoms with Crippen molar-refractivity contribution in [1.29, 1.82) is 0 Å². The molecule has 3 rings (SSSR count). The van der Waals surface area contributed by atoms with Crippen molar-refractivity contribution in [2.45, 2.75) is 20.4 Å². The summed E-state index contributed by atoms with van der Waals surface area (Å²) in [5.74, 6) is 2.05. The third-order valence-corrected chi connectivity index (χ3v) is 5.34. The molecule has 1 saturated heterocycles. The van der Waals surface area contributed by atoms with Crippen molar-refractivity contribution in [3.05, 3.63) is 52.6 Å². The Morgan fingerprint density at radius 1 is 0.897 bits per heavy atom. The lowest BCUT2D eigenvalue weighted by molar-refractivity contribution is 0.131. The molecule has 29 heavy (non-hydrogen) atoms. The third-order valence-electron chi connectivity index (χ3n) is 5.34. The second kappa shape index (κ2) is 9.65. The van der Waals surface area contributed by atoms with Gasteiger partial charge in [0.25, 0.3) is 0 Å². The van der Waals surface area contributed by atoms with E-state index in [0.717, 1.165) is 38.3 Å². The van der Waals surface area contributed by atoms with Crippen LogP contribution < -0.4 is 14.2 Å². The Bertz CT molecular complexity index is 833. The smallest absolute Gasteiger partial charge is 0.135 e. The summed E-state index contributed by atoms with van der Waals surface area (Å²) in [4.78, 5) is 2.48. The molecule has 1 fully saturated rings. The number of hydrogen-bond acceptors (Lipinski definition) is 6. The van der Waals surface area contributed by atoms with Crippen LogP contribution in [-0.2, 0) is 6.54 Å². The topological polar surface area (TPSA) is 46.5 Å². The van der Waals surface area contributed by atoms with Gasteiger partial charge in [0.05, 0.1) is 33.1 Å². The Morgan fingerprint density at radius 2 is 1.55 bits per heavy atom. The fourth-order valence-corrected chi connectivity index (χ4v) is 3.57. The maximum Gasteiger partial charge on any atom is 0.135 e. The summed E-state index contributed by atoms with van der Waals surface area (Å²) in [5.41, 5.74) is 4.90. The summed E-state index contributed by atoms with van der Waals surface area (Å²) in [6.45, 7) is 9.08. The Kier molecular flexibility index (Phi) is 6.99. The van der Waals surface area contributed by atoms with Crippen LogP contribution in [-0.4, -0.2) is 63.6 Å². The molecule has 6 nitrogen and oxygen atoms in total. The SMILES string of the molecule is COc1cc(OC)c(C=NN2CCN(Cc3ccc(C)cc3C)CC2)c(OC)c1. The molecular formula is C23H31N3O3. The van der Waals surface area contributed by atoms with Crippen molar-refractivity contribution < 1.29 is 14.2 Å². The van der Waals surface area contributed by atoms with Gasteiger partial charge in [-0.15, -0.1) is 0 Å². The maximum atomic E-state index is 5.50. The van der Waals surface area contributed by atoms with Gasteiger partial charge in [0, 0.05) is 44.9 Å². The van der Waals surface area contributed by atoms with E-state index in [4.69, 9.17) is 14.2 Å². The maximum absolute atomic E-state index is 5.50. The average Bonchev–Trinajstić information content (AvgIpc) is 2.74. The van der Waals surface area contributed by atoms with E-state index in [1.165, 1.54) is 16.7 Å². The number of ether oxygens (including phenoxy) is 3. The molecule has 2 aromatic rings. The van der Waals surface area contributed by atoms with E-state index in [1.54, 1.807) is 21.3 Å². The highest BCUT2D eigenvalue weighted by Gasteiger charge is 2.17. The van der Waals surface area contributed by atoms with Gasteiger partial charge in [0.2, 0.25) is 0 Å². The first-order valence-electron chi connectivity index (χ1n) is 9.91. The molecule has 0 saturated carbocycles. The minimum Gasteiger partial charge on any atom is -0.496 e. The Hall–Kier alpha value is -2.73. The summed E-state index contributed by atoms with van der Waals surface area (Å²) >= 11 is 0. The van der Waals surface area contributed by atoms with E-state index in [-0.39, 0.29) is 0 Å². The molecule has 1 aliphatic heterocycles. The minimum absolute atomic E-state index is 0.679. The molecule has 0 spiro atoms. The van der Waals surface area contributed by atoms with Crippen molar-refractivity contribution >= 4 is 6.21 Å². The van der Waals surface area contributed by atoms with E-state index >= 15 is 0 Å². The number of hydrogen-bond donors (Lipinski definition) is 0. The first kappa shape index (κ1) is 21.0. The monoisotopic (exact) mass is 397 g/mol. The second-order valence-electron chi connectivity index (χ2n) is 7.35. The fourth-order valence-electron chi connectivity index (χ4n) is 3.57. The highest BCUT2D eigenvalue weighted by Crippen LogP contribution is 2.32. The molecule has 0 bridgehead atoms. The number of aryl methyl sites for hydroxylation is 2. The molecular weight excluding hydrogens is 366 g/mol. The van der Waals surface area contributed by atoms with Gasteiger partial charge in [-0.1, -0.05) is 23.8 Å². The van der Waals surface area contributed by atoms with Crippen LogP contribution in [0.1, 0.15) is 22.3 Å². The molecule has 1 aliphatic rings. The van der Waals surface area contributed by atoms with Crippen LogP contribution in [0.25, 0.3) is 0 Å². The molecule has 0 atom stereocenters. The normalized spacial score (nSPS) is 15.0. The van der Waals surface area contributed by atoms with Crippen LogP contribution in [0.3, 0.4) is 0 Å².